The second-order valence-corrected chi connectivity index (χ2v) is 13.4. The summed E-state index contributed by atoms with van der Waals surface area (Å²) in [4.78, 5) is 15.2. The van der Waals surface area contributed by atoms with Crippen molar-refractivity contribution in [3.05, 3.63) is 42.2 Å². The summed E-state index contributed by atoms with van der Waals surface area (Å²) in [5, 5.41) is 8.22. The quantitative estimate of drug-likeness (QED) is 0.233. The molecular formula is C39H65N7. The van der Waals surface area contributed by atoms with Gasteiger partial charge >= 0.3 is 0 Å². The van der Waals surface area contributed by atoms with Crippen LogP contribution in [0.3, 0.4) is 0 Å². The number of benzene rings is 1. The minimum atomic E-state index is 0.532. The molecule has 2 N–H and O–H groups in total. The second kappa shape index (κ2) is 19.4. The number of nitrogens with zero attached hydrogens (tertiary/aromatic N) is 5. The van der Waals surface area contributed by atoms with Crippen LogP contribution in [-0.4, -0.2) is 76.2 Å². The van der Waals surface area contributed by atoms with Gasteiger partial charge in [0, 0.05) is 74.7 Å². The number of piperidine rings is 1. The van der Waals surface area contributed by atoms with Gasteiger partial charge in [-0.15, -0.1) is 0 Å². The van der Waals surface area contributed by atoms with E-state index in [0.29, 0.717) is 12.0 Å². The summed E-state index contributed by atoms with van der Waals surface area (Å²) in [5.41, 5.74) is 5.03. The lowest BCUT2D eigenvalue weighted by Gasteiger charge is -2.40. The van der Waals surface area contributed by atoms with E-state index in [9.17, 15) is 0 Å². The maximum Gasteiger partial charge on any atom is 0.224 e. The highest BCUT2D eigenvalue weighted by Crippen LogP contribution is 2.36. The van der Waals surface area contributed by atoms with E-state index >= 15 is 0 Å². The topological polar surface area (TPSA) is 61.3 Å². The predicted octanol–water partition coefficient (Wildman–Crippen LogP) is 8.76. The van der Waals surface area contributed by atoms with Gasteiger partial charge in [0.1, 0.15) is 5.65 Å². The molecule has 2 saturated heterocycles. The van der Waals surface area contributed by atoms with Gasteiger partial charge in [-0.25, -0.2) is 4.98 Å². The average molecular weight is 632 g/mol. The molecule has 6 rings (SSSR count). The minimum absolute atomic E-state index is 0.532. The normalized spacial score (nSPS) is 18.6. The minimum Gasteiger partial charge on any atom is -0.354 e. The summed E-state index contributed by atoms with van der Waals surface area (Å²) < 4.78 is 2.48. The third kappa shape index (κ3) is 9.77. The molecule has 4 heterocycles. The number of aromatic nitrogens is 3. The van der Waals surface area contributed by atoms with Crippen molar-refractivity contribution < 1.29 is 0 Å². The number of hydrogen-bond acceptors (Lipinski definition) is 6. The van der Waals surface area contributed by atoms with E-state index in [1.807, 2.05) is 13.8 Å². The molecule has 0 spiro atoms. The van der Waals surface area contributed by atoms with E-state index in [1.54, 1.807) is 0 Å². The fraction of sp³-hybridized carbons (Fsp3) is 0.692. The zero-order valence-corrected chi connectivity index (χ0v) is 30.2. The summed E-state index contributed by atoms with van der Waals surface area (Å²) in [7, 11) is 0. The third-order valence-electron chi connectivity index (χ3n) is 10.1. The summed E-state index contributed by atoms with van der Waals surface area (Å²) in [6.07, 6.45) is 17.1. The first-order valence-corrected chi connectivity index (χ1v) is 19.0. The molecule has 3 aliphatic rings. The predicted molar refractivity (Wildman–Crippen MR) is 198 cm³/mol. The molecule has 7 heteroatoms. The van der Waals surface area contributed by atoms with Crippen molar-refractivity contribution in [3.63, 3.8) is 0 Å². The monoisotopic (exact) mass is 632 g/mol. The molecule has 0 radical (unpaired) electrons. The Kier molecular flexibility index (Phi) is 15.3. The van der Waals surface area contributed by atoms with Gasteiger partial charge in [-0.2, -0.15) is 4.98 Å². The van der Waals surface area contributed by atoms with Crippen molar-refractivity contribution in [1.29, 1.82) is 0 Å². The molecule has 256 valence electrons. The van der Waals surface area contributed by atoms with E-state index < -0.39 is 0 Å². The van der Waals surface area contributed by atoms with Crippen molar-refractivity contribution in [2.24, 2.45) is 5.92 Å². The van der Waals surface area contributed by atoms with Crippen LogP contribution in [0, 0.1) is 5.92 Å². The zero-order chi connectivity index (χ0) is 32.7. The molecule has 2 aliphatic heterocycles. The van der Waals surface area contributed by atoms with Crippen LogP contribution in [0.1, 0.15) is 117 Å². The fourth-order valence-electron chi connectivity index (χ4n) is 7.30. The first-order valence-electron chi connectivity index (χ1n) is 19.0. The Morgan fingerprint density at radius 1 is 0.848 bits per heavy atom. The summed E-state index contributed by atoms with van der Waals surface area (Å²) in [6.45, 7) is 21.9. The molecular weight excluding hydrogens is 566 g/mol. The number of rotatable bonds is 10. The Bertz CT molecular complexity index is 1250. The van der Waals surface area contributed by atoms with Crippen molar-refractivity contribution in [1.82, 2.24) is 29.7 Å². The fourth-order valence-corrected chi connectivity index (χ4v) is 7.30. The van der Waals surface area contributed by atoms with Gasteiger partial charge in [0.2, 0.25) is 5.95 Å². The van der Waals surface area contributed by atoms with Crippen molar-refractivity contribution in [2.45, 2.75) is 124 Å². The van der Waals surface area contributed by atoms with E-state index in [0.717, 1.165) is 30.7 Å². The Balaban J connectivity index is 0.000000908. The summed E-state index contributed by atoms with van der Waals surface area (Å²) in [5.74, 6) is 1.42. The first kappa shape index (κ1) is 36.4. The van der Waals surface area contributed by atoms with E-state index in [4.69, 9.17) is 9.97 Å². The van der Waals surface area contributed by atoms with Gasteiger partial charge in [0.15, 0.2) is 0 Å². The lowest BCUT2D eigenvalue weighted by molar-refractivity contribution is 0.0784. The smallest absolute Gasteiger partial charge is 0.224 e. The zero-order valence-electron chi connectivity index (χ0n) is 30.2. The Morgan fingerprint density at radius 3 is 2.13 bits per heavy atom. The largest absolute Gasteiger partial charge is 0.354 e. The highest BCUT2D eigenvalue weighted by Gasteiger charge is 2.25. The number of hydrogen-bond donors (Lipinski definition) is 2. The maximum atomic E-state index is 5.10. The van der Waals surface area contributed by atoms with Crippen LogP contribution in [0.4, 0.5) is 5.95 Å². The van der Waals surface area contributed by atoms with Crippen LogP contribution >= 0.6 is 0 Å². The molecule has 1 aromatic carbocycles. The van der Waals surface area contributed by atoms with Gasteiger partial charge in [0.05, 0.1) is 0 Å². The van der Waals surface area contributed by atoms with E-state index in [2.05, 4.69) is 89.4 Å². The van der Waals surface area contributed by atoms with Gasteiger partial charge in [0.25, 0.3) is 0 Å². The average Bonchev–Trinajstić information content (AvgIpc) is 3.50. The molecule has 0 atom stereocenters. The molecule has 2 aromatic heterocycles. The molecule has 7 nitrogen and oxygen atoms in total. The number of anilines is 1. The lowest BCUT2D eigenvalue weighted by Crippen LogP contribution is -2.52. The maximum absolute atomic E-state index is 5.10. The van der Waals surface area contributed by atoms with Crippen LogP contribution in [-0.2, 0) is 6.54 Å². The van der Waals surface area contributed by atoms with Crippen molar-refractivity contribution >= 4 is 17.0 Å². The second-order valence-electron chi connectivity index (χ2n) is 13.4. The van der Waals surface area contributed by atoms with Gasteiger partial charge < -0.3 is 15.2 Å². The molecule has 1 aliphatic carbocycles. The van der Waals surface area contributed by atoms with Gasteiger partial charge in [-0.1, -0.05) is 104 Å². The number of piperazine rings is 1. The van der Waals surface area contributed by atoms with E-state index in [-0.39, 0.29) is 0 Å². The Hall–Kier alpha value is -2.48. The van der Waals surface area contributed by atoms with Gasteiger partial charge in [-0.05, 0) is 55.8 Å². The number of fused-ring (bicyclic) bond motifs is 1. The van der Waals surface area contributed by atoms with E-state index in [1.165, 1.54) is 126 Å². The first-order chi connectivity index (χ1) is 22.6. The molecule has 1 saturated carbocycles. The van der Waals surface area contributed by atoms with Gasteiger partial charge in [-0.3, -0.25) is 9.80 Å². The lowest BCUT2D eigenvalue weighted by atomic mass is 9.95. The van der Waals surface area contributed by atoms with Crippen molar-refractivity contribution in [3.8, 4) is 11.1 Å². The molecule has 0 amide bonds. The summed E-state index contributed by atoms with van der Waals surface area (Å²) in [6, 6.07) is 10.6. The van der Waals surface area contributed by atoms with Crippen LogP contribution in [0.5, 0.6) is 0 Å². The molecule has 46 heavy (non-hydrogen) atoms. The molecule has 0 bridgehead atoms. The Morgan fingerprint density at radius 2 is 1.50 bits per heavy atom. The molecule has 0 unspecified atom stereocenters. The van der Waals surface area contributed by atoms with Crippen LogP contribution in [0.15, 0.2) is 36.7 Å². The van der Waals surface area contributed by atoms with Crippen LogP contribution in [0.25, 0.3) is 22.2 Å². The molecule has 3 fully saturated rings. The standard InChI is InChI=1S/C34H51N7.C3H8.C2H6/c1-3-26(4-2)22-36-34-37-23-31-32(25-41(33(31)38-34)30-8-6-5-7-9-30)28-12-10-27(11-13-28)24-39-18-20-40(21-19-39)29-14-16-35-17-15-29;1-3-2;1-2/h10-13,23,25-26,29-30,35H,3-9,14-22,24H2,1-2H3,(H,36,37,38);3H2,1-2H3;1-2H3. The summed E-state index contributed by atoms with van der Waals surface area (Å²) >= 11 is 0. The van der Waals surface area contributed by atoms with Crippen LogP contribution in [0.2, 0.25) is 0 Å². The van der Waals surface area contributed by atoms with Crippen molar-refractivity contribution in [2.75, 3.05) is 51.1 Å². The highest BCUT2D eigenvalue weighted by atomic mass is 15.3. The van der Waals surface area contributed by atoms with Crippen LogP contribution < -0.4 is 10.6 Å². The third-order valence-corrected chi connectivity index (χ3v) is 10.1. The SMILES string of the molecule is CC.CCC.CCC(CC)CNc1ncc2c(-c3ccc(CN4CCN(C5CCNCC5)CC4)cc3)cn(C3CCCCC3)c2n1. The highest BCUT2D eigenvalue weighted by molar-refractivity contribution is 5.94. The number of nitrogens with one attached hydrogen (secondary N) is 2. The Labute approximate surface area is 280 Å². The molecule has 3 aromatic rings.